The molecule has 0 bridgehead atoms. The predicted octanol–water partition coefficient (Wildman–Crippen LogP) is 5.47. The molecule has 1 aromatic heterocycles. The van der Waals surface area contributed by atoms with Crippen molar-refractivity contribution in [2.24, 2.45) is 4.99 Å². The molecule has 0 unspecified atom stereocenters. The molecule has 0 spiro atoms. The van der Waals surface area contributed by atoms with E-state index in [2.05, 4.69) is 32.3 Å². The van der Waals surface area contributed by atoms with Crippen LogP contribution in [0.2, 0.25) is 0 Å². The Labute approximate surface area is 311 Å². The minimum absolute atomic E-state index is 0.125. The molecule has 0 N–H and O–H groups in total. The van der Waals surface area contributed by atoms with Crippen LogP contribution in [0.4, 0.5) is 4.39 Å². The fraction of sp³-hybridized carbons (Fsp3) is 0.297. The molecular formula is C37H36FIN2O9S. The van der Waals surface area contributed by atoms with Gasteiger partial charge < -0.3 is 28.4 Å². The van der Waals surface area contributed by atoms with Gasteiger partial charge in [0.1, 0.15) is 12.4 Å². The summed E-state index contributed by atoms with van der Waals surface area (Å²) in [4.78, 5) is 44.5. The van der Waals surface area contributed by atoms with E-state index >= 15 is 0 Å². The second-order valence-electron chi connectivity index (χ2n) is 11.0. The Balaban J connectivity index is 1.60. The van der Waals surface area contributed by atoms with Gasteiger partial charge in [0.2, 0.25) is 0 Å². The van der Waals surface area contributed by atoms with Crippen LogP contribution in [0.15, 0.2) is 75.7 Å². The molecular weight excluding hydrogens is 794 g/mol. The van der Waals surface area contributed by atoms with Crippen LogP contribution < -0.4 is 33.8 Å². The van der Waals surface area contributed by atoms with E-state index in [1.54, 1.807) is 63.2 Å². The molecule has 0 radical (unpaired) electrons. The molecule has 5 rings (SSSR count). The summed E-state index contributed by atoms with van der Waals surface area (Å²) in [5.74, 6) is 0.0558. The van der Waals surface area contributed by atoms with Gasteiger partial charge in [-0.05, 0) is 109 Å². The maximum absolute atomic E-state index is 14.3. The second-order valence-corrected chi connectivity index (χ2v) is 13.2. The number of carbonyl (C=O) groups is 2. The molecule has 11 nitrogen and oxygen atoms in total. The third-order valence-electron chi connectivity index (χ3n) is 7.58. The molecule has 0 aliphatic carbocycles. The third kappa shape index (κ3) is 8.61. The van der Waals surface area contributed by atoms with E-state index in [-0.39, 0.29) is 43.4 Å². The van der Waals surface area contributed by atoms with Crippen LogP contribution >= 0.6 is 33.9 Å². The Bertz CT molecular complexity index is 2160. The molecule has 0 fully saturated rings. The maximum Gasteiger partial charge on any atom is 0.343 e. The fourth-order valence-electron chi connectivity index (χ4n) is 5.39. The molecule has 14 heteroatoms. The zero-order valence-corrected chi connectivity index (χ0v) is 31.6. The highest BCUT2D eigenvalue weighted by molar-refractivity contribution is 14.1. The first-order chi connectivity index (χ1) is 24.6. The van der Waals surface area contributed by atoms with Crippen LogP contribution in [0.1, 0.15) is 50.4 Å². The number of nitrogens with zero attached hydrogens (tertiary/aromatic N) is 2. The quantitative estimate of drug-likeness (QED) is 0.120. The van der Waals surface area contributed by atoms with E-state index in [9.17, 15) is 18.8 Å². The number of benzene rings is 3. The van der Waals surface area contributed by atoms with Crippen LogP contribution in [0.25, 0.3) is 6.08 Å². The van der Waals surface area contributed by atoms with E-state index in [4.69, 9.17) is 23.7 Å². The fourth-order valence-corrected chi connectivity index (χ4v) is 7.22. The monoisotopic (exact) mass is 830 g/mol. The van der Waals surface area contributed by atoms with E-state index < -0.39 is 18.0 Å². The topological polar surface area (TPSA) is 124 Å². The Morgan fingerprint density at radius 1 is 0.961 bits per heavy atom. The first-order valence-corrected chi connectivity index (χ1v) is 18.0. The molecule has 3 aromatic carbocycles. The second kappa shape index (κ2) is 17.0. The van der Waals surface area contributed by atoms with Gasteiger partial charge in [-0.2, -0.15) is 0 Å². The molecule has 51 heavy (non-hydrogen) atoms. The molecule has 0 saturated heterocycles. The van der Waals surface area contributed by atoms with Crippen molar-refractivity contribution < 1.29 is 42.4 Å². The number of halogens is 2. The van der Waals surface area contributed by atoms with Gasteiger partial charge in [-0.15, -0.1) is 0 Å². The smallest absolute Gasteiger partial charge is 0.343 e. The van der Waals surface area contributed by atoms with Crippen molar-refractivity contribution >= 4 is 51.9 Å². The number of carbonyl (C=O) groups excluding carboxylic acids is 2. The highest BCUT2D eigenvalue weighted by Crippen LogP contribution is 2.37. The molecule has 0 amide bonds. The van der Waals surface area contributed by atoms with Crippen LogP contribution in [-0.2, 0) is 25.7 Å². The minimum Gasteiger partial charge on any atom is -0.490 e. The van der Waals surface area contributed by atoms with E-state index in [0.29, 0.717) is 61.3 Å². The maximum atomic E-state index is 14.3. The van der Waals surface area contributed by atoms with Crippen molar-refractivity contribution in [3.8, 4) is 23.0 Å². The van der Waals surface area contributed by atoms with Crippen molar-refractivity contribution in [1.29, 1.82) is 0 Å². The average Bonchev–Trinajstić information content (AvgIpc) is 3.40. The zero-order chi connectivity index (χ0) is 36.7. The van der Waals surface area contributed by atoms with Gasteiger partial charge >= 0.3 is 11.9 Å². The number of esters is 2. The Kier molecular flexibility index (Phi) is 12.5. The summed E-state index contributed by atoms with van der Waals surface area (Å²) in [7, 11) is 1.26. The van der Waals surface area contributed by atoms with Gasteiger partial charge in [-0.1, -0.05) is 29.5 Å². The van der Waals surface area contributed by atoms with Gasteiger partial charge in [0.25, 0.3) is 5.56 Å². The lowest BCUT2D eigenvalue weighted by Crippen LogP contribution is -2.40. The van der Waals surface area contributed by atoms with Gasteiger partial charge in [0.15, 0.2) is 34.4 Å². The summed E-state index contributed by atoms with van der Waals surface area (Å²) in [6.45, 7) is 7.64. The Morgan fingerprint density at radius 3 is 2.43 bits per heavy atom. The molecule has 1 aliphatic rings. The Morgan fingerprint density at radius 2 is 1.73 bits per heavy atom. The van der Waals surface area contributed by atoms with Crippen LogP contribution in [0.5, 0.6) is 23.0 Å². The first kappa shape index (κ1) is 37.6. The molecule has 2 heterocycles. The number of hydrogen-bond acceptors (Lipinski definition) is 11. The largest absolute Gasteiger partial charge is 0.490 e. The number of thiazole rings is 1. The van der Waals surface area contributed by atoms with E-state index in [1.165, 1.54) is 35.1 Å². The summed E-state index contributed by atoms with van der Waals surface area (Å²) in [5, 5.41) is 0. The molecule has 4 aromatic rings. The van der Waals surface area contributed by atoms with Crippen molar-refractivity contribution in [1.82, 2.24) is 4.57 Å². The summed E-state index contributed by atoms with van der Waals surface area (Å²) < 4.78 is 49.9. The lowest BCUT2D eigenvalue weighted by atomic mass is 9.95. The number of allylic oxidation sites excluding steroid dienone is 1. The molecule has 1 atom stereocenters. The number of aromatic nitrogens is 1. The predicted molar refractivity (Wildman–Crippen MR) is 197 cm³/mol. The summed E-state index contributed by atoms with van der Waals surface area (Å²) in [5.41, 5.74) is 2.12. The molecule has 268 valence electrons. The number of fused-ring (bicyclic) bond motifs is 1. The summed E-state index contributed by atoms with van der Waals surface area (Å²) in [6, 6.07) is 13.9. The van der Waals surface area contributed by atoms with E-state index in [1.807, 2.05) is 13.0 Å². The highest BCUT2D eigenvalue weighted by Gasteiger charge is 2.34. The molecule has 1 aliphatic heterocycles. The van der Waals surface area contributed by atoms with Crippen LogP contribution in [0, 0.1) is 9.39 Å². The number of methoxy groups -OCH3 is 1. The third-order valence-corrected chi connectivity index (χ3v) is 9.36. The van der Waals surface area contributed by atoms with Crippen molar-refractivity contribution in [3.63, 3.8) is 0 Å². The summed E-state index contributed by atoms with van der Waals surface area (Å²) >= 11 is 3.32. The number of ether oxygens (including phenoxy) is 6. The Hall–Kier alpha value is -4.70. The number of rotatable bonds is 14. The molecule has 0 saturated carbocycles. The minimum atomic E-state index is -0.908. The zero-order valence-electron chi connectivity index (χ0n) is 28.6. The highest BCUT2D eigenvalue weighted by atomic mass is 127. The first-order valence-electron chi connectivity index (χ1n) is 16.1. The normalized spacial score (nSPS) is 14.0. The lowest BCUT2D eigenvalue weighted by Gasteiger charge is -2.25. The van der Waals surface area contributed by atoms with Gasteiger partial charge in [0.05, 0.1) is 52.3 Å². The van der Waals surface area contributed by atoms with Crippen LogP contribution in [-0.4, -0.2) is 50.0 Å². The standard InChI is InChI=1S/C37H36FIN2O9S/c1-6-46-28-18-24(12-13-27(28)49-20-31(42)45-5)33-32(36(44)48-8-3)21(4)40-37-41(33)35(43)30(51-37)17-23-15-26(39)34(29(16-23)47-7-2)50-19-22-10-9-11-25(38)14-22/h9-18,33H,6-8,19-20H2,1-5H3/b30-17-/t33-/m1/s1. The van der Waals surface area contributed by atoms with Crippen molar-refractivity contribution in [3.05, 3.63) is 112 Å². The van der Waals surface area contributed by atoms with Crippen molar-refractivity contribution in [2.75, 3.05) is 33.5 Å². The summed E-state index contributed by atoms with van der Waals surface area (Å²) in [6.07, 6.45) is 1.74. The van der Waals surface area contributed by atoms with Crippen molar-refractivity contribution in [2.45, 2.75) is 40.3 Å². The van der Waals surface area contributed by atoms with Crippen LogP contribution in [0.3, 0.4) is 0 Å². The van der Waals surface area contributed by atoms with E-state index in [0.717, 1.165) is 3.57 Å². The lowest BCUT2D eigenvalue weighted by molar-refractivity contribution is -0.143. The number of hydrogen-bond donors (Lipinski definition) is 0. The SMILES string of the molecule is CCOC(=O)C1=C(C)N=c2s/c(=C\c3cc(I)c(OCc4cccc(F)c4)c(OCC)c3)c(=O)n2[C@@H]1c1ccc(OCC(=O)OC)c(OCC)c1. The van der Waals surface area contributed by atoms with Gasteiger partial charge in [0, 0.05) is 0 Å². The van der Waals surface area contributed by atoms with Gasteiger partial charge in [-0.3, -0.25) is 9.36 Å². The average molecular weight is 831 g/mol. The van der Waals surface area contributed by atoms with Gasteiger partial charge in [-0.25, -0.2) is 19.0 Å².